The third kappa shape index (κ3) is 4.98. The Kier molecular flexibility index (Phi) is 4.53. The monoisotopic (exact) mass is 217 g/mol. The molecule has 0 heterocycles. The lowest BCUT2D eigenvalue weighted by Gasteiger charge is -2.26. The van der Waals surface area contributed by atoms with E-state index in [4.69, 9.17) is 11.6 Å². The summed E-state index contributed by atoms with van der Waals surface area (Å²) in [6.07, 6.45) is -4.37. The highest BCUT2D eigenvalue weighted by Gasteiger charge is 2.33. The summed E-state index contributed by atoms with van der Waals surface area (Å²) in [5, 5.41) is 0. The molecule has 1 amide bonds. The van der Waals surface area contributed by atoms with Crippen LogP contribution in [0.4, 0.5) is 13.2 Å². The van der Waals surface area contributed by atoms with Crippen LogP contribution >= 0.6 is 11.6 Å². The Morgan fingerprint density at radius 1 is 1.46 bits per heavy atom. The van der Waals surface area contributed by atoms with Crippen molar-refractivity contribution in [1.82, 2.24) is 4.90 Å². The molecule has 0 saturated carbocycles. The van der Waals surface area contributed by atoms with Crippen LogP contribution in [0, 0.1) is 0 Å². The molecule has 78 valence electrons. The smallest absolute Gasteiger partial charge is 0.330 e. The Bertz CT molecular complexity index is 181. The van der Waals surface area contributed by atoms with Gasteiger partial charge in [0.25, 0.3) is 0 Å². The zero-order valence-corrected chi connectivity index (χ0v) is 8.11. The lowest BCUT2D eigenvalue weighted by atomic mass is 10.3. The van der Waals surface area contributed by atoms with Crippen LogP contribution in [-0.4, -0.2) is 35.4 Å². The van der Waals surface area contributed by atoms with E-state index in [1.807, 2.05) is 0 Å². The van der Waals surface area contributed by atoms with Crippen LogP contribution in [0.5, 0.6) is 0 Å². The quantitative estimate of drug-likeness (QED) is 0.663. The Hall–Kier alpha value is -0.450. The lowest BCUT2D eigenvalue weighted by Crippen LogP contribution is -2.43. The number of carbonyl (C=O) groups is 1. The van der Waals surface area contributed by atoms with Gasteiger partial charge < -0.3 is 4.90 Å². The molecular weight excluding hydrogens is 207 g/mol. The number of amides is 1. The molecule has 0 saturated heterocycles. The zero-order valence-electron chi connectivity index (χ0n) is 7.36. The van der Waals surface area contributed by atoms with Gasteiger partial charge in [-0.2, -0.15) is 13.2 Å². The molecule has 0 aliphatic heterocycles. The van der Waals surface area contributed by atoms with Gasteiger partial charge in [0, 0.05) is 6.04 Å². The summed E-state index contributed by atoms with van der Waals surface area (Å²) < 4.78 is 35.8. The van der Waals surface area contributed by atoms with Crippen LogP contribution in [0.2, 0.25) is 0 Å². The highest BCUT2D eigenvalue weighted by Crippen LogP contribution is 2.18. The fourth-order valence-electron chi connectivity index (χ4n) is 0.829. The van der Waals surface area contributed by atoms with Gasteiger partial charge in [-0.15, -0.1) is 11.6 Å². The SMILES string of the molecule is CC(C)N(CC(F)(F)F)C(=O)CCl. The van der Waals surface area contributed by atoms with Crippen molar-refractivity contribution in [1.29, 1.82) is 0 Å². The Morgan fingerprint density at radius 2 is 1.92 bits per heavy atom. The van der Waals surface area contributed by atoms with E-state index in [1.165, 1.54) is 13.8 Å². The second-order valence-corrected chi connectivity index (χ2v) is 3.13. The molecule has 2 nitrogen and oxygen atoms in total. The van der Waals surface area contributed by atoms with Crippen LogP contribution in [0.25, 0.3) is 0 Å². The molecule has 6 heteroatoms. The van der Waals surface area contributed by atoms with Gasteiger partial charge >= 0.3 is 6.18 Å². The summed E-state index contributed by atoms with van der Waals surface area (Å²) in [5.41, 5.74) is 0. The maximum atomic E-state index is 11.9. The molecule has 0 bridgehead atoms. The molecule has 0 aromatic heterocycles. The molecule has 0 aliphatic rings. The van der Waals surface area contributed by atoms with Crippen LogP contribution < -0.4 is 0 Å². The minimum Gasteiger partial charge on any atom is -0.330 e. The third-order valence-corrected chi connectivity index (χ3v) is 1.64. The molecule has 0 aliphatic carbocycles. The van der Waals surface area contributed by atoms with Gasteiger partial charge in [0.2, 0.25) is 5.91 Å². The number of hydrogen-bond acceptors (Lipinski definition) is 1. The summed E-state index contributed by atoms with van der Waals surface area (Å²) >= 11 is 5.16. The largest absolute Gasteiger partial charge is 0.406 e. The molecule has 0 spiro atoms. The molecule has 0 aromatic carbocycles. The summed E-state index contributed by atoms with van der Waals surface area (Å²) in [4.78, 5) is 11.6. The standard InChI is InChI=1S/C7H11ClF3NO/c1-5(2)12(6(13)3-8)4-7(9,10)11/h5H,3-4H2,1-2H3. The van der Waals surface area contributed by atoms with Crippen LogP contribution in [0.15, 0.2) is 0 Å². The summed E-state index contributed by atoms with van der Waals surface area (Å²) in [7, 11) is 0. The summed E-state index contributed by atoms with van der Waals surface area (Å²) in [5.74, 6) is -1.12. The molecular formula is C7H11ClF3NO. The van der Waals surface area contributed by atoms with Gasteiger partial charge in [0.1, 0.15) is 12.4 Å². The number of rotatable bonds is 3. The van der Waals surface area contributed by atoms with E-state index in [2.05, 4.69) is 0 Å². The van der Waals surface area contributed by atoms with Crippen LogP contribution in [-0.2, 0) is 4.79 Å². The van der Waals surface area contributed by atoms with E-state index in [-0.39, 0.29) is 0 Å². The van der Waals surface area contributed by atoms with Crippen molar-refractivity contribution in [3.05, 3.63) is 0 Å². The maximum absolute atomic E-state index is 11.9. The second kappa shape index (κ2) is 4.69. The average Bonchev–Trinajstić information content (AvgIpc) is 1.96. The predicted octanol–water partition coefficient (Wildman–Crippen LogP) is 2.02. The molecule has 13 heavy (non-hydrogen) atoms. The van der Waals surface area contributed by atoms with Crippen molar-refractivity contribution >= 4 is 17.5 Å². The van der Waals surface area contributed by atoms with Crippen molar-refractivity contribution in [2.24, 2.45) is 0 Å². The van der Waals surface area contributed by atoms with E-state index in [9.17, 15) is 18.0 Å². The highest BCUT2D eigenvalue weighted by atomic mass is 35.5. The first kappa shape index (κ1) is 12.6. The molecule has 0 radical (unpaired) electrons. The fourth-order valence-corrected chi connectivity index (χ4v) is 0.982. The first-order valence-electron chi connectivity index (χ1n) is 3.70. The average molecular weight is 218 g/mol. The van der Waals surface area contributed by atoms with Gasteiger partial charge in [-0.05, 0) is 13.8 Å². The normalized spacial score (nSPS) is 11.9. The minimum absolute atomic E-state index is 0.422. The van der Waals surface area contributed by atoms with Gasteiger partial charge in [0.05, 0.1) is 0 Å². The molecule has 0 aromatic rings. The molecule has 0 unspecified atom stereocenters. The number of alkyl halides is 4. The Balaban J connectivity index is 4.36. The Morgan fingerprint density at radius 3 is 2.15 bits per heavy atom. The van der Waals surface area contributed by atoms with Crippen molar-refractivity contribution in [3.63, 3.8) is 0 Å². The lowest BCUT2D eigenvalue weighted by molar-refractivity contribution is -0.163. The van der Waals surface area contributed by atoms with Gasteiger partial charge in [0.15, 0.2) is 0 Å². The number of carbonyl (C=O) groups excluding carboxylic acids is 1. The van der Waals surface area contributed by atoms with E-state index in [0.717, 1.165) is 0 Å². The summed E-state index contributed by atoms with van der Waals surface area (Å²) in [6, 6.07) is -0.493. The number of halogens is 4. The Labute approximate surface area is 79.7 Å². The molecule has 0 rings (SSSR count). The first-order valence-corrected chi connectivity index (χ1v) is 4.23. The van der Waals surface area contributed by atoms with Crippen molar-refractivity contribution in [2.75, 3.05) is 12.4 Å². The fraction of sp³-hybridized carbons (Fsp3) is 0.857. The topological polar surface area (TPSA) is 20.3 Å². The molecule has 0 fully saturated rings. The minimum atomic E-state index is -4.37. The highest BCUT2D eigenvalue weighted by molar-refractivity contribution is 6.27. The number of hydrogen-bond donors (Lipinski definition) is 0. The maximum Gasteiger partial charge on any atom is 0.406 e. The van der Waals surface area contributed by atoms with E-state index >= 15 is 0 Å². The van der Waals surface area contributed by atoms with Crippen molar-refractivity contribution < 1.29 is 18.0 Å². The first-order chi connectivity index (χ1) is 5.78. The molecule has 0 N–H and O–H groups in total. The third-order valence-electron chi connectivity index (χ3n) is 1.41. The van der Waals surface area contributed by atoms with Crippen LogP contribution in [0.3, 0.4) is 0 Å². The summed E-state index contributed by atoms with van der Waals surface area (Å²) in [6.45, 7) is 1.78. The predicted molar refractivity (Wildman–Crippen MR) is 43.6 cm³/mol. The van der Waals surface area contributed by atoms with Crippen LogP contribution in [0.1, 0.15) is 13.8 Å². The van der Waals surface area contributed by atoms with Gasteiger partial charge in [-0.3, -0.25) is 4.79 Å². The van der Waals surface area contributed by atoms with Gasteiger partial charge in [-0.25, -0.2) is 0 Å². The van der Waals surface area contributed by atoms with Crippen molar-refractivity contribution in [2.45, 2.75) is 26.1 Å². The zero-order chi connectivity index (χ0) is 10.6. The van der Waals surface area contributed by atoms with Gasteiger partial charge in [-0.1, -0.05) is 0 Å². The van der Waals surface area contributed by atoms with E-state index in [0.29, 0.717) is 4.90 Å². The van der Waals surface area contributed by atoms with E-state index < -0.39 is 30.6 Å². The second-order valence-electron chi connectivity index (χ2n) is 2.86. The molecule has 0 atom stereocenters. The number of nitrogens with zero attached hydrogens (tertiary/aromatic N) is 1. The van der Waals surface area contributed by atoms with Crippen molar-refractivity contribution in [3.8, 4) is 0 Å². The van der Waals surface area contributed by atoms with E-state index in [1.54, 1.807) is 0 Å².